The van der Waals surface area contributed by atoms with Crippen molar-refractivity contribution in [3.8, 4) is 0 Å². The zero-order valence-electron chi connectivity index (χ0n) is 10.1. The molecule has 1 aromatic heterocycles. The molecular weight excluding hydrogens is 230 g/mol. The Balaban J connectivity index is 2.27. The van der Waals surface area contributed by atoms with Crippen molar-refractivity contribution in [2.75, 3.05) is 5.32 Å². The van der Waals surface area contributed by atoms with Crippen LogP contribution in [-0.2, 0) is 4.79 Å². The topological polar surface area (TPSA) is 75.1 Å². The number of hydrogen-bond acceptors (Lipinski definition) is 4. The van der Waals surface area contributed by atoms with Crippen LogP contribution in [0.25, 0.3) is 10.9 Å². The fraction of sp³-hybridized carbons (Fsp3) is 0.308. The highest BCUT2D eigenvalue weighted by Gasteiger charge is 2.13. The summed E-state index contributed by atoms with van der Waals surface area (Å²) in [6.45, 7) is 1.95. The maximum absolute atomic E-state index is 10.7. The minimum Gasteiger partial charge on any atom is -0.481 e. The molecule has 1 atom stereocenters. The lowest BCUT2D eigenvalue weighted by Gasteiger charge is -2.16. The van der Waals surface area contributed by atoms with Crippen molar-refractivity contribution in [2.45, 2.75) is 25.8 Å². The van der Waals surface area contributed by atoms with Crippen LogP contribution >= 0.6 is 0 Å². The highest BCUT2D eigenvalue weighted by Crippen LogP contribution is 2.20. The third kappa shape index (κ3) is 2.74. The van der Waals surface area contributed by atoms with E-state index in [0.29, 0.717) is 5.82 Å². The Morgan fingerprint density at radius 1 is 1.39 bits per heavy atom. The molecule has 0 radical (unpaired) electrons. The Morgan fingerprint density at radius 3 is 2.89 bits per heavy atom. The molecule has 2 rings (SSSR count). The van der Waals surface area contributed by atoms with Gasteiger partial charge in [0.25, 0.3) is 0 Å². The highest BCUT2D eigenvalue weighted by molar-refractivity contribution is 5.88. The fourth-order valence-electron chi connectivity index (χ4n) is 1.82. The lowest BCUT2D eigenvalue weighted by atomic mass is 10.1. The van der Waals surface area contributed by atoms with Crippen LogP contribution in [0.4, 0.5) is 5.82 Å². The first-order chi connectivity index (χ1) is 8.70. The molecule has 0 aliphatic heterocycles. The van der Waals surface area contributed by atoms with E-state index >= 15 is 0 Å². The highest BCUT2D eigenvalue weighted by atomic mass is 16.4. The molecule has 5 heteroatoms. The van der Waals surface area contributed by atoms with Crippen molar-refractivity contribution >= 4 is 22.7 Å². The summed E-state index contributed by atoms with van der Waals surface area (Å²) in [5, 5.41) is 12.9. The van der Waals surface area contributed by atoms with Gasteiger partial charge in [-0.15, -0.1) is 0 Å². The van der Waals surface area contributed by atoms with E-state index in [1.807, 2.05) is 31.2 Å². The van der Waals surface area contributed by atoms with E-state index in [4.69, 9.17) is 5.11 Å². The van der Waals surface area contributed by atoms with E-state index in [1.165, 1.54) is 6.33 Å². The number of carbonyl (C=O) groups is 1. The van der Waals surface area contributed by atoms with Crippen LogP contribution in [0, 0.1) is 0 Å². The van der Waals surface area contributed by atoms with Crippen molar-refractivity contribution in [1.29, 1.82) is 0 Å². The molecule has 94 valence electrons. The molecule has 0 saturated carbocycles. The Kier molecular flexibility index (Phi) is 3.72. The summed E-state index contributed by atoms with van der Waals surface area (Å²) in [4.78, 5) is 19.1. The Morgan fingerprint density at radius 2 is 2.17 bits per heavy atom. The lowest BCUT2D eigenvalue weighted by Crippen LogP contribution is -2.23. The minimum absolute atomic E-state index is 0.0782. The monoisotopic (exact) mass is 245 g/mol. The van der Waals surface area contributed by atoms with Gasteiger partial charge in [0.15, 0.2) is 0 Å². The van der Waals surface area contributed by atoms with Crippen molar-refractivity contribution in [3.63, 3.8) is 0 Å². The summed E-state index contributed by atoms with van der Waals surface area (Å²) in [5.41, 5.74) is 0.847. The Hall–Kier alpha value is -2.17. The number of nitrogens with one attached hydrogen (secondary N) is 1. The van der Waals surface area contributed by atoms with Crippen LogP contribution in [0.15, 0.2) is 30.6 Å². The number of benzene rings is 1. The number of aliphatic carboxylic acids is 1. The first-order valence-electron chi connectivity index (χ1n) is 5.88. The second-order valence-electron chi connectivity index (χ2n) is 4.09. The Labute approximate surface area is 105 Å². The molecule has 0 aliphatic rings. The van der Waals surface area contributed by atoms with Crippen molar-refractivity contribution < 1.29 is 9.90 Å². The molecule has 2 N–H and O–H groups in total. The molecule has 0 spiro atoms. The van der Waals surface area contributed by atoms with Gasteiger partial charge in [-0.25, -0.2) is 9.97 Å². The molecular formula is C13H15N3O2. The smallest absolute Gasteiger partial charge is 0.305 e. The number of carboxylic acid groups (broad SMARTS) is 1. The number of rotatable bonds is 5. The molecule has 1 heterocycles. The number of carboxylic acids is 1. The summed E-state index contributed by atoms with van der Waals surface area (Å²) in [6.07, 6.45) is 2.29. The second kappa shape index (κ2) is 5.44. The van der Waals surface area contributed by atoms with E-state index in [-0.39, 0.29) is 12.5 Å². The first kappa shape index (κ1) is 12.3. The average Bonchev–Trinajstić information content (AvgIpc) is 2.38. The largest absolute Gasteiger partial charge is 0.481 e. The molecule has 0 saturated heterocycles. The summed E-state index contributed by atoms with van der Waals surface area (Å²) >= 11 is 0. The fourth-order valence-corrected chi connectivity index (χ4v) is 1.82. The lowest BCUT2D eigenvalue weighted by molar-refractivity contribution is -0.137. The van der Waals surface area contributed by atoms with Crippen LogP contribution in [0.5, 0.6) is 0 Å². The average molecular weight is 245 g/mol. The first-order valence-corrected chi connectivity index (χ1v) is 5.88. The molecule has 1 aromatic carbocycles. The predicted molar refractivity (Wildman–Crippen MR) is 69.5 cm³/mol. The van der Waals surface area contributed by atoms with Gasteiger partial charge in [0.1, 0.15) is 12.1 Å². The zero-order chi connectivity index (χ0) is 13.0. The van der Waals surface area contributed by atoms with Gasteiger partial charge in [0.2, 0.25) is 0 Å². The SMILES string of the molecule is CCC(CC(=O)O)Nc1ncnc2ccccc12. The van der Waals surface area contributed by atoms with Gasteiger partial charge in [-0.2, -0.15) is 0 Å². The van der Waals surface area contributed by atoms with Crippen LogP contribution in [0.2, 0.25) is 0 Å². The van der Waals surface area contributed by atoms with Crippen LogP contribution in [0.3, 0.4) is 0 Å². The summed E-state index contributed by atoms with van der Waals surface area (Å²) in [6, 6.07) is 7.52. The van der Waals surface area contributed by atoms with Crippen molar-refractivity contribution in [1.82, 2.24) is 9.97 Å². The van der Waals surface area contributed by atoms with Gasteiger partial charge in [0.05, 0.1) is 11.9 Å². The molecule has 18 heavy (non-hydrogen) atoms. The van der Waals surface area contributed by atoms with Crippen LogP contribution in [0.1, 0.15) is 19.8 Å². The molecule has 0 amide bonds. The third-order valence-electron chi connectivity index (χ3n) is 2.80. The van der Waals surface area contributed by atoms with E-state index in [2.05, 4.69) is 15.3 Å². The van der Waals surface area contributed by atoms with Gasteiger partial charge in [0, 0.05) is 11.4 Å². The summed E-state index contributed by atoms with van der Waals surface area (Å²) < 4.78 is 0. The van der Waals surface area contributed by atoms with Gasteiger partial charge in [-0.05, 0) is 18.6 Å². The molecule has 5 nitrogen and oxygen atoms in total. The zero-order valence-corrected chi connectivity index (χ0v) is 10.1. The van der Waals surface area contributed by atoms with Gasteiger partial charge in [-0.3, -0.25) is 4.79 Å². The molecule has 0 bridgehead atoms. The minimum atomic E-state index is -0.812. The van der Waals surface area contributed by atoms with Crippen molar-refractivity contribution in [2.24, 2.45) is 0 Å². The molecule has 1 unspecified atom stereocenters. The number of hydrogen-bond donors (Lipinski definition) is 2. The van der Waals surface area contributed by atoms with E-state index < -0.39 is 5.97 Å². The van der Waals surface area contributed by atoms with Crippen LogP contribution in [-0.4, -0.2) is 27.1 Å². The quantitative estimate of drug-likeness (QED) is 0.845. The molecule has 0 fully saturated rings. The summed E-state index contributed by atoms with van der Waals surface area (Å²) in [5.74, 6) is -0.124. The second-order valence-corrected chi connectivity index (χ2v) is 4.09. The normalized spacial score (nSPS) is 12.3. The van der Waals surface area contributed by atoms with Crippen molar-refractivity contribution in [3.05, 3.63) is 30.6 Å². The van der Waals surface area contributed by atoms with E-state index in [0.717, 1.165) is 17.3 Å². The van der Waals surface area contributed by atoms with Gasteiger partial charge >= 0.3 is 5.97 Å². The third-order valence-corrected chi connectivity index (χ3v) is 2.80. The Bertz CT molecular complexity index is 551. The number of anilines is 1. The number of aromatic nitrogens is 2. The maximum Gasteiger partial charge on any atom is 0.305 e. The molecule has 0 aliphatic carbocycles. The number of nitrogens with zero attached hydrogens (tertiary/aromatic N) is 2. The van der Waals surface area contributed by atoms with E-state index in [1.54, 1.807) is 0 Å². The van der Waals surface area contributed by atoms with E-state index in [9.17, 15) is 4.79 Å². The van der Waals surface area contributed by atoms with Gasteiger partial charge < -0.3 is 10.4 Å². The van der Waals surface area contributed by atoms with Gasteiger partial charge in [-0.1, -0.05) is 19.1 Å². The maximum atomic E-state index is 10.7. The standard InChI is InChI=1S/C13H15N3O2/c1-2-9(7-12(17)18)16-13-10-5-3-4-6-11(10)14-8-15-13/h3-6,8-9H,2,7H2,1H3,(H,17,18)(H,14,15,16). The summed E-state index contributed by atoms with van der Waals surface area (Å²) in [7, 11) is 0. The predicted octanol–water partition coefficient (Wildman–Crippen LogP) is 2.29. The molecule has 2 aromatic rings. The number of fused-ring (bicyclic) bond motifs is 1. The number of para-hydroxylation sites is 1. The van der Waals surface area contributed by atoms with Crippen LogP contribution < -0.4 is 5.32 Å².